The molecule has 1 rings (SSSR count). The Morgan fingerprint density at radius 2 is 2.17 bits per heavy atom. The Bertz CT molecular complexity index is 423. The molecule has 0 amide bonds. The number of hydrogen-bond donors (Lipinski definition) is 0. The van der Waals surface area contributed by atoms with Gasteiger partial charge < -0.3 is 4.74 Å². The minimum Gasteiger partial charge on any atom is -0.469 e. The quantitative estimate of drug-likeness (QED) is 0.606. The van der Waals surface area contributed by atoms with Crippen LogP contribution in [-0.2, 0) is 19.6 Å². The number of carbonyl (C=O) groups excluding carboxylic acids is 1. The van der Waals surface area contributed by atoms with Gasteiger partial charge in [-0.3, -0.25) is 4.79 Å². The first kappa shape index (κ1) is 14.9. The van der Waals surface area contributed by atoms with Gasteiger partial charge in [0, 0.05) is 25.4 Å². The first-order chi connectivity index (χ1) is 8.51. The minimum absolute atomic E-state index is 0.0569. The molecular weight excluding hydrogens is 256 g/mol. The van der Waals surface area contributed by atoms with Gasteiger partial charge in [0.1, 0.15) is 0 Å². The van der Waals surface area contributed by atoms with E-state index < -0.39 is 16.0 Å². The van der Waals surface area contributed by atoms with E-state index in [0.29, 0.717) is 0 Å². The van der Waals surface area contributed by atoms with Crippen LogP contribution in [0.4, 0.5) is 0 Å². The van der Waals surface area contributed by atoms with Gasteiger partial charge >= 0.3 is 5.97 Å². The zero-order valence-electron chi connectivity index (χ0n) is 10.5. The van der Waals surface area contributed by atoms with E-state index in [1.807, 2.05) is 6.07 Å². The van der Waals surface area contributed by atoms with Crippen LogP contribution in [0.25, 0.3) is 0 Å². The van der Waals surface area contributed by atoms with Gasteiger partial charge in [0.15, 0.2) is 0 Å². The number of rotatable bonds is 8. The maximum Gasteiger partial charge on any atom is 0.305 e. The van der Waals surface area contributed by atoms with E-state index >= 15 is 0 Å². The van der Waals surface area contributed by atoms with Crippen molar-refractivity contribution >= 4 is 16.0 Å². The van der Waals surface area contributed by atoms with Gasteiger partial charge in [-0.2, -0.15) is 9.57 Å². The molecule has 6 nitrogen and oxygen atoms in total. The Balaban J connectivity index is 2.48. The molecule has 0 aromatic heterocycles. The van der Waals surface area contributed by atoms with Crippen molar-refractivity contribution in [3.63, 3.8) is 0 Å². The maximum atomic E-state index is 12.1. The molecule has 18 heavy (non-hydrogen) atoms. The van der Waals surface area contributed by atoms with Crippen LogP contribution in [0.1, 0.15) is 32.1 Å². The third-order valence-electron chi connectivity index (χ3n) is 2.77. The second kappa shape index (κ2) is 6.71. The van der Waals surface area contributed by atoms with Crippen molar-refractivity contribution < 1.29 is 17.9 Å². The fourth-order valence-corrected chi connectivity index (χ4v) is 3.47. The largest absolute Gasteiger partial charge is 0.469 e. The zero-order chi connectivity index (χ0) is 13.6. The fourth-order valence-electron chi connectivity index (χ4n) is 1.69. The van der Waals surface area contributed by atoms with Gasteiger partial charge in [-0.15, -0.1) is 0 Å². The Hall–Kier alpha value is -1.13. The molecule has 0 spiro atoms. The van der Waals surface area contributed by atoms with Crippen LogP contribution in [0.5, 0.6) is 0 Å². The second-order valence-electron chi connectivity index (χ2n) is 4.25. The molecule has 0 heterocycles. The molecule has 0 atom stereocenters. The molecule has 1 saturated carbocycles. The SMILES string of the molecule is COC(=O)CCCS(=O)(=O)N(CCC#N)C1CC1. The summed E-state index contributed by atoms with van der Waals surface area (Å²) in [6.07, 6.45) is 2.29. The lowest BCUT2D eigenvalue weighted by Crippen LogP contribution is -2.35. The summed E-state index contributed by atoms with van der Waals surface area (Å²) in [5.41, 5.74) is 0. The van der Waals surface area contributed by atoms with Crippen molar-refractivity contribution in [1.29, 1.82) is 5.26 Å². The van der Waals surface area contributed by atoms with Crippen LogP contribution in [0, 0.1) is 11.3 Å². The van der Waals surface area contributed by atoms with E-state index in [-0.39, 0.29) is 37.6 Å². The zero-order valence-corrected chi connectivity index (χ0v) is 11.3. The molecular formula is C11H18N2O4S. The molecule has 1 aliphatic rings. The van der Waals surface area contributed by atoms with Gasteiger partial charge in [-0.1, -0.05) is 0 Å². The van der Waals surface area contributed by atoms with Gasteiger partial charge in [0.05, 0.1) is 18.9 Å². The highest BCUT2D eigenvalue weighted by atomic mass is 32.2. The van der Waals surface area contributed by atoms with E-state index in [2.05, 4.69) is 4.74 Å². The standard InChI is InChI=1S/C11H18N2O4S/c1-17-11(14)4-2-9-18(15,16)13(8-3-7-12)10-5-6-10/h10H,2-6,8-9H2,1H3. The third kappa shape index (κ3) is 4.63. The third-order valence-corrected chi connectivity index (χ3v) is 4.77. The van der Waals surface area contributed by atoms with Crippen LogP contribution in [-0.4, -0.2) is 44.1 Å². The Labute approximate surface area is 108 Å². The summed E-state index contributed by atoms with van der Waals surface area (Å²) in [5.74, 6) is -0.468. The Morgan fingerprint density at radius 1 is 1.50 bits per heavy atom. The van der Waals surface area contributed by atoms with E-state index in [1.54, 1.807) is 0 Å². The number of nitrogens with zero attached hydrogens (tertiary/aromatic N) is 2. The van der Waals surface area contributed by atoms with E-state index in [0.717, 1.165) is 12.8 Å². The average molecular weight is 274 g/mol. The highest BCUT2D eigenvalue weighted by molar-refractivity contribution is 7.89. The van der Waals surface area contributed by atoms with Crippen LogP contribution in [0.15, 0.2) is 0 Å². The Kier molecular flexibility index (Phi) is 5.56. The highest BCUT2D eigenvalue weighted by Crippen LogP contribution is 2.29. The minimum atomic E-state index is -3.36. The molecule has 1 aliphatic carbocycles. The van der Waals surface area contributed by atoms with Gasteiger partial charge in [0.25, 0.3) is 0 Å². The molecule has 0 unspecified atom stereocenters. The molecule has 0 bridgehead atoms. The number of hydrogen-bond acceptors (Lipinski definition) is 5. The molecule has 0 N–H and O–H groups in total. The van der Waals surface area contributed by atoms with Crippen molar-refractivity contribution in [1.82, 2.24) is 4.31 Å². The number of ether oxygens (including phenoxy) is 1. The fraction of sp³-hybridized carbons (Fsp3) is 0.818. The highest BCUT2D eigenvalue weighted by Gasteiger charge is 2.36. The predicted octanol–water partition coefficient (Wildman–Crippen LogP) is 0.647. The Morgan fingerprint density at radius 3 is 2.67 bits per heavy atom. The summed E-state index contributed by atoms with van der Waals surface area (Å²) in [4.78, 5) is 10.9. The first-order valence-corrected chi connectivity index (χ1v) is 7.55. The summed E-state index contributed by atoms with van der Waals surface area (Å²) >= 11 is 0. The van der Waals surface area contributed by atoms with Crippen molar-refractivity contribution in [2.75, 3.05) is 19.4 Å². The monoisotopic (exact) mass is 274 g/mol. The van der Waals surface area contributed by atoms with E-state index in [1.165, 1.54) is 11.4 Å². The molecule has 102 valence electrons. The van der Waals surface area contributed by atoms with Gasteiger partial charge in [0.2, 0.25) is 10.0 Å². The molecule has 0 saturated heterocycles. The lowest BCUT2D eigenvalue weighted by atomic mass is 10.3. The van der Waals surface area contributed by atoms with E-state index in [9.17, 15) is 13.2 Å². The predicted molar refractivity (Wildman–Crippen MR) is 65.0 cm³/mol. The molecule has 0 radical (unpaired) electrons. The van der Waals surface area contributed by atoms with Crippen molar-refractivity contribution in [3.05, 3.63) is 0 Å². The second-order valence-corrected chi connectivity index (χ2v) is 6.29. The van der Waals surface area contributed by atoms with Crippen LogP contribution < -0.4 is 0 Å². The molecule has 1 fully saturated rings. The smallest absolute Gasteiger partial charge is 0.305 e. The van der Waals surface area contributed by atoms with Crippen molar-refractivity contribution in [3.8, 4) is 6.07 Å². The van der Waals surface area contributed by atoms with Crippen LogP contribution in [0.3, 0.4) is 0 Å². The summed E-state index contributed by atoms with van der Waals surface area (Å²) in [5, 5.41) is 8.53. The normalized spacial score (nSPS) is 15.4. The number of nitriles is 1. The summed E-state index contributed by atoms with van der Waals surface area (Å²) in [6.45, 7) is 0.252. The van der Waals surface area contributed by atoms with Gasteiger partial charge in [-0.05, 0) is 19.3 Å². The lowest BCUT2D eigenvalue weighted by molar-refractivity contribution is -0.140. The summed E-state index contributed by atoms with van der Waals surface area (Å²) in [6, 6.07) is 2.01. The topological polar surface area (TPSA) is 87.5 Å². The first-order valence-electron chi connectivity index (χ1n) is 5.94. The number of carbonyl (C=O) groups is 1. The summed E-state index contributed by atoms with van der Waals surface area (Å²) in [7, 11) is -2.08. The van der Waals surface area contributed by atoms with Crippen molar-refractivity contribution in [2.45, 2.75) is 38.1 Å². The molecule has 0 aliphatic heterocycles. The average Bonchev–Trinajstić information content (AvgIpc) is 3.13. The number of sulfonamides is 1. The molecule has 0 aromatic carbocycles. The van der Waals surface area contributed by atoms with Crippen LogP contribution >= 0.6 is 0 Å². The van der Waals surface area contributed by atoms with Crippen LogP contribution in [0.2, 0.25) is 0 Å². The summed E-state index contributed by atoms with van der Waals surface area (Å²) < 4.78 is 30.0. The molecule has 0 aromatic rings. The lowest BCUT2D eigenvalue weighted by Gasteiger charge is -2.20. The van der Waals surface area contributed by atoms with Crippen molar-refractivity contribution in [2.24, 2.45) is 0 Å². The number of esters is 1. The van der Waals surface area contributed by atoms with E-state index in [4.69, 9.17) is 5.26 Å². The molecule has 7 heteroatoms. The number of methoxy groups -OCH3 is 1. The van der Waals surface area contributed by atoms with Gasteiger partial charge in [-0.25, -0.2) is 8.42 Å². The maximum absolute atomic E-state index is 12.1.